The minimum Gasteiger partial charge on any atom is -0.323 e. The summed E-state index contributed by atoms with van der Waals surface area (Å²) in [5.74, 6) is 0. The van der Waals surface area contributed by atoms with Gasteiger partial charge in [-0.05, 0) is 67.2 Å². The molecule has 31 heavy (non-hydrogen) atoms. The molecule has 162 valence electrons. The summed E-state index contributed by atoms with van der Waals surface area (Å²) in [4.78, 5) is 7.33. The highest BCUT2D eigenvalue weighted by atomic mass is 35.5. The third-order valence-electron chi connectivity index (χ3n) is 7.11. The topological polar surface area (TPSA) is 21.1 Å². The SMILES string of the molecule is CC(c1ccc(Cl)cc1Cl)n1cnc2ccc(C3=CCN(C4CCCCC4)CC3)cc21. The van der Waals surface area contributed by atoms with Crippen LogP contribution in [0.3, 0.4) is 0 Å². The maximum absolute atomic E-state index is 6.49. The lowest BCUT2D eigenvalue weighted by Crippen LogP contribution is -2.39. The summed E-state index contributed by atoms with van der Waals surface area (Å²) in [5, 5.41) is 1.35. The molecular weight excluding hydrogens is 425 g/mol. The van der Waals surface area contributed by atoms with Crippen molar-refractivity contribution >= 4 is 39.8 Å². The molecule has 0 bridgehead atoms. The van der Waals surface area contributed by atoms with E-state index in [2.05, 4.69) is 45.6 Å². The molecule has 1 fully saturated rings. The molecule has 1 unspecified atom stereocenters. The molecule has 2 heterocycles. The maximum atomic E-state index is 6.49. The molecule has 3 nitrogen and oxygen atoms in total. The number of fused-ring (bicyclic) bond motifs is 1. The van der Waals surface area contributed by atoms with E-state index in [4.69, 9.17) is 23.2 Å². The van der Waals surface area contributed by atoms with Crippen molar-refractivity contribution in [3.63, 3.8) is 0 Å². The van der Waals surface area contributed by atoms with Crippen molar-refractivity contribution in [2.75, 3.05) is 13.1 Å². The zero-order valence-electron chi connectivity index (χ0n) is 18.0. The second-order valence-corrected chi connectivity index (χ2v) is 9.81. The van der Waals surface area contributed by atoms with Gasteiger partial charge in [0, 0.05) is 29.2 Å². The Balaban J connectivity index is 1.41. The molecule has 2 aliphatic rings. The van der Waals surface area contributed by atoms with Crippen molar-refractivity contribution in [1.82, 2.24) is 14.5 Å². The number of aromatic nitrogens is 2. The summed E-state index contributed by atoms with van der Waals surface area (Å²) < 4.78 is 2.21. The molecule has 0 N–H and O–H groups in total. The molecule has 1 aliphatic carbocycles. The number of benzene rings is 2. The van der Waals surface area contributed by atoms with E-state index in [1.54, 1.807) is 0 Å². The van der Waals surface area contributed by atoms with Crippen LogP contribution in [0.25, 0.3) is 16.6 Å². The Morgan fingerprint density at radius 2 is 1.87 bits per heavy atom. The fraction of sp³-hybridized carbons (Fsp3) is 0.423. The minimum absolute atomic E-state index is 0.0761. The van der Waals surface area contributed by atoms with E-state index in [9.17, 15) is 0 Å². The van der Waals surface area contributed by atoms with Crippen molar-refractivity contribution in [2.45, 2.75) is 57.5 Å². The van der Waals surface area contributed by atoms with E-state index in [0.29, 0.717) is 10.0 Å². The van der Waals surface area contributed by atoms with Crippen LogP contribution in [0, 0.1) is 0 Å². The summed E-state index contributed by atoms with van der Waals surface area (Å²) in [5.41, 5.74) is 5.98. The Bertz CT molecular complexity index is 1110. The van der Waals surface area contributed by atoms with Crippen LogP contribution in [0.5, 0.6) is 0 Å². The van der Waals surface area contributed by atoms with Crippen LogP contribution in [-0.2, 0) is 0 Å². The lowest BCUT2D eigenvalue weighted by Gasteiger charge is -2.36. The fourth-order valence-corrected chi connectivity index (χ4v) is 5.82. The second kappa shape index (κ2) is 8.97. The third kappa shape index (κ3) is 4.28. The van der Waals surface area contributed by atoms with Gasteiger partial charge in [-0.3, -0.25) is 4.90 Å². The number of imidazole rings is 1. The Labute approximate surface area is 194 Å². The highest BCUT2D eigenvalue weighted by Crippen LogP contribution is 2.33. The van der Waals surface area contributed by atoms with Crippen molar-refractivity contribution < 1.29 is 0 Å². The summed E-state index contributed by atoms with van der Waals surface area (Å²) in [7, 11) is 0. The van der Waals surface area contributed by atoms with Gasteiger partial charge >= 0.3 is 0 Å². The van der Waals surface area contributed by atoms with Crippen LogP contribution in [0.4, 0.5) is 0 Å². The van der Waals surface area contributed by atoms with Gasteiger partial charge in [0.25, 0.3) is 0 Å². The second-order valence-electron chi connectivity index (χ2n) is 8.96. The van der Waals surface area contributed by atoms with E-state index in [0.717, 1.165) is 35.6 Å². The van der Waals surface area contributed by atoms with Crippen LogP contribution in [0.1, 0.15) is 62.6 Å². The lowest BCUT2D eigenvalue weighted by molar-refractivity contribution is 0.171. The van der Waals surface area contributed by atoms with Gasteiger partial charge in [0.15, 0.2) is 0 Å². The molecule has 5 rings (SSSR count). The highest BCUT2D eigenvalue weighted by molar-refractivity contribution is 6.35. The number of hydrogen-bond donors (Lipinski definition) is 0. The zero-order valence-corrected chi connectivity index (χ0v) is 19.5. The minimum atomic E-state index is 0.0761. The largest absolute Gasteiger partial charge is 0.323 e. The summed E-state index contributed by atoms with van der Waals surface area (Å²) in [6, 6.07) is 13.2. The Morgan fingerprint density at radius 1 is 1.03 bits per heavy atom. The number of hydrogen-bond acceptors (Lipinski definition) is 2. The number of rotatable bonds is 4. The first-order chi connectivity index (χ1) is 15.1. The predicted octanol–water partition coefficient (Wildman–Crippen LogP) is 7.37. The van der Waals surface area contributed by atoms with E-state index in [-0.39, 0.29) is 6.04 Å². The van der Waals surface area contributed by atoms with Gasteiger partial charge in [0.2, 0.25) is 0 Å². The Morgan fingerprint density at radius 3 is 2.61 bits per heavy atom. The molecule has 0 spiro atoms. The average Bonchev–Trinajstić information content (AvgIpc) is 3.23. The summed E-state index contributed by atoms with van der Waals surface area (Å²) >= 11 is 12.6. The fourth-order valence-electron chi connectivity index (χ4n) is 5.25. The molecule has 5 heteroatoms. The Kier molecular flexibility index (Phi) is 6.10. The van der Waals surface area contributed by atoms with Gasteiger partial charge in [0.05, 0.1) is 23.4 Å². The first kappa shape index (κ1) is 21.1. The first-order valence-electron chi connectivity index (χ1n) is 11.4. The molecule has 1 aromatic heterocycles. The molecule has 1 atom stereocenters. The van der Waals surface area contributed by atoms with Gasteiger partial charge in [0.1, 0.15) is 0 Å². The van der Waals surface area contributed by atoms with E-state index < -0.39 is 0 Å². The standard InChI is InChI=1S/C26H29Cl2N3/c1-18(23-9-8-21(27)16-24(23)28)31-17-29-25-10-7-20(15-26(25)31)19-11-13-30(14-12-19)22-5-3-2-4-6-22/h7-11,15-18,22H,2-6,12-14H2,1H3. The normalized spacial score (nSPS) is 19.5. The molecular formula is C26H29Cl2N3. The van der Waals surface area contributed by atoms with Crippen LogP contribution >= 0.6 is 23.2 Å². The quantitative estimate of drug-likeness (QED) is 0.410. The van der Waals surface area contributed by atoms with Crippen molar-refractivity contribution in [2.24, 2.45) is 0 Å². The van der Waals surface area contributed by atoms with Gasteiger partial charge in [-0.2, -0.15) is 0 Å². The highest BCUT2D eigenvalue weighted by Gasteiger charge is 2.23. The smallest absolute Gasteiger partial charge is 0.0964 e. The van der Waals surface area contributed by atoms with Gasteiger partial charge in [-0.1, -0.05) is 60.7 Å². The van der Waals surface area contributed by atoms with Gasteiger partial charge in [-0.25, -0.2) is 4.98 Å². The molecule has 0 radical (unpaired) electrons. The van der Waals surface area contributed by atoms with E-state index in [1.165, 1.54) is 49.8 Å². The van der Waals surface area contributed by atoms with Gasteiger partial charge in [-0.15, -0.1) is 0 Å². The van der Waals surface area contributed by atoms with Crippen LogP contribution < -0.4 is 0 Å². The lowest BCUT2D eigenvalue weighted by atomic mass is 9.92. The molecule has 0 saturated heterocycles. The molecule has 2 aromatic carbocycles. The van der Waals surface area contributed by atoms with Crippen molar-refractivity contribution in [3.05, 3.63) is 70.0 Å². The van der Waals surface area contributed by atoms with Crippen LogP contribution in [0.15, 0.2) is 48.8 Å². The maximum Gasteiger partial charge on any atom is 0.0964 e. The van der Waals surface area contributed by atoms with Gasteiger partial charge < -0.3 is 4.57 Å². The predicted molar refractivity (Wildman–Crippen MR) is 131 cm³/mol. The number of nitrogens with zero attached hydrogens (tertiary/aromatic N) is 3. The first-order valence-corrected chi connectivity index (χ1v) is 12.2. The molecule has 0 amide bonds. The molecule has 1 aliphatic heterocycles. The Hall–Kier alpha value is -1.81. The zero-order chi connectivity index (χ0) is 21.4. The molecule has 1 saturated carbocycles. The van der Waals surface area contributed by atoms with E-state index >= 15 is 0 Å². The van der Waals surface area contributed by atoms with E-state index in [1.807, 2.05) is 24.5 Å². The third-order valence-corrected chi connectivity index (χ3v) is 7.67. The van der Waals surface area contributed by atoms with Crippen LogP contribution in [0.2, 0.25) is 10.0 Å². The van der Waals surface area contributed by atoms with Crippen molar-refractivity contribution in [1.29, 1.82) is 0 Å². The average molecular weight is 454 g/mol. The monoisotopic (exact) mass is 453 g/mol. The summed E-state index contributed by atoms with van der Waals surface area (Å²) in [6.07, 6.45) is 12.4. The summed E-state index contributed by atoms with van der Waals surface area (Å²) in [6.45, 7) is 4.41. The van der Waals surface area contributed by atoms with Crippen LogP contribution in [-0.4, -0.2) is 33.6 Å². The number of halogens is 2. The molecule has 3 aromatic rings. The van der Waals surface area contributed by atoms with Crippen molar-refractivity contribution in [3.8, 4) is 0 Å².